The maximum Gasteiger partial charge on any atom is 0.119 e. The minimum atomic E-state index is 0.707. The van der Waals surface area contributed by atoms with E-state index in [1.54, 1.807) is 7.11 Å². The van der Waals surface area contributed by atoms with Gasteiger partial charge in [-0.15, -0.1) is 0 Å². The van der Waals surface area contributed by atoms with Crippen molar-refractivity contribution < 1.29 is 9.47 Å². The molecule has 0 fully saturated rings. The summed E-state index contributed by atoms with van der Waals surface area (Å²) in [6.45, 7) is 3.99. The summed E-state index contributed by atoms with van der Waals surface area (Å²) in [5.41, 5.74) is 1.19. The van der Waals surface area contributed by atoms with Crippen LogP contribution in [0.3, 0.4) is 0 Å². The number of nitrogens with one attached hydrogen (secondary N) is 1. The van der Waals surface area contributed by atoms with Crippen molar-refractivity contribution in [3.8, 4) is 5.75 Å². The van der Waals surface area contributed by atoms with Crippen LogP contribution in [0.2, 0.25) is 0 Å². The zero-order valence-corrected chi connectivity index (χ0v) is 12.5. The number of nitrogens with zero attached hydrogens (tertiary/aromatic N) is 2. The smallest absolute Gasteiger partial charge is 0.119 e. The fraction of sp³-hybridized carbons (Fsp3) is 0.438. The fourth-order valence-corrected chi connectivity index (χ4v) is 2.03. The molecular weight excluding hydrogens is 266 g/mol. The van der Waals surface area contributed by atoms with E-state index in [0.29, 0.717) is 6.61 Å². The lowest BCUT2D eigenvalue weighted by Gasteiger charge is -2.10. The van der Waals surface area contributed by atoms with Crippen molar-refractivity contribution in [2.75, 3.05) is 26.9 Å². The molecule has 1 aromatic carbocycles. The maximum atomic E-state index is 5.69. The van der Waals surface area contributed by atoms with Crippen molar-refractivity contribution in [2.45, 2.75) is 19.5 Å². The molecule has 21 heavy (non-hydrogen) atoms. The Labute approximate surface area is 125 Å². The van der Waals surface area contributed by atoms with Gasteiger partial charge in [-0.05, 0) is 18.6 Å². The summed E-state index contributed by atoms with van der Waals surface area (Å²) in [6, 6.07) is 9.90. The predicted octanol–water partition coefficient (Wildman–Crippen LogP) is 2.09. The molecule has 2 aromatic rings. The molecule has 5 nitrogen and oxygen atoms in total. The monoisotopic (exact) mass is 289 g/mol. The quantitative estimate of drug-likeness (QED) is 0.680. The molecular formula is C16H23N3O2. The van der Waals surface area contributed by atoms with Crippen LogP contribution < -0.4 is 10.1 Å². The average molecular weight is 289 g/mol. The van der Waals surface area contributed by atoms with Crippen LogP contribution in [-0.2, 0) is 17.8 Å². The van der Waals surface area contributed by atoms with Crippen molar-refractivity contribution in [3.63, 3.8) is 0 Å². The molecule has 1 N–H and O–H groups in total. The van der Waals surface area contributed by atoms with Crippen LogP contribution in [0.25, 0.3) is 0 Å². The van der Waals surface area contributed by atoms with E-state index in [2.05, 4.69) is 14.9 Å². The summed E-state index contributed by atoms with van der Waals surface area (Å²) in [5.74, 6) is 0.921. The van der Waals surface area contributed by atoms with Crippen LogP contribution in [0.15, 0.2) is 42.9 Å². The van der Waals surface area contributed by atoms with Crippen LogP contribution in [0.5, 0.6) is 5.75 Å². The number of para-hydroxylation sites is 1. The molecule has 5 heteroatoms. The highest BCUT2D eigenvalue weighted by Gasteiger charge is 2.01. The number of hydrogen-bond acceptors (Lipinski definition) is 4. The van der Waals surface area contributed by atoms with E-state index < -0.39 is 0 Å². The Kier molecular flexibility index (Phi) is 6.77. The topological polar surface area (TPSA) is 48.3 Å². The lowest BCUT2D eigenvalue weighted by molar-refractivity contribution is 0.199. The van der Waals surface area contributed by atoms with Crippen molar-refractivity contribution in [3.05, 3.63) is 48.5 Å². The van der Waals surface area contributed by atoms with Crippen LogP contribution in [0.4, 0.5) is 0 Å². The number of aromatic nitrogens is 2. The van der Waals surface area contributed by atoms with Gasteiger partial charge >= 0.3 is 0 Å². The fourth-order valence-electron chi connectivity index (χ4n) is 2.03. The molecule has 0 atom stereocenters. The molecule has 0 amide bonds. The van der Waals surface area contributed by atoms with Gasteiger partial charge in [-0.25, -0.2) is 4.98 Å². The summed E-state index contributed by atoms with van der Waals surface area (Å²) >= 11 is 0. The first-order valence-corrected chi connectivity index (χ1v) is 7.26. The van der Waals surface area contributed by atoms with Gasteiger partial charge < -0.3 is 19.4 Å². The first-order chi connectivity index (χ1) is 10.4. The van der Waals surface area contributed by atoms with Gasteiger partial charge in [-0.2, -0.15) is 0 Å². The second-order valence-corrected chi connectivity index (χ2v) is 4.76. The summed E-state index contributed by atoms with van der Waals surface area (Å²) in [6.07, 6.45) is 4.73. The van der Waals surface area contributed by atoms with Crippen molar-refractivity contribution in [1.82, 2.24) is 14.9 Å². The van der Waals surface area contributed by atoms with E-state index in [4.69, 9.17) is 9.47 Å². The van der Waals surface area contributed by atoms with Gasteiger partial charge in [0.15, 0.2) is 0 Å². The second-order valence-electron chi connectivity index (χ2n) is 4.76. The molecule has 0 aliphatic rings. The van der Waals surface area contributed by atoms with Gasteiger partial charge in [-0.3, -0.25) is 0 Å². The van der Waals surface area contributed by atoms with E-state index in [9.17, 15) is 0 Å². The van der Waals surface area contributed by atoms with E-state index in [0.717, 1.165) is 38.4 Å². The number of methoxy groups -OCH3 is 1. The minimum Gasteiger partial charge on any atom is -0.494 e. The second kappa shape index (κ2) is 9.15. The van der Waals surface area contributed by atoms with Crippen molar-refractivity contribution in [2.24, 2.45) is 0 Å². The van der Waals surface area contributed by atoms with E-state index in [-0.39, 0.29) is 0 Å². The zero-order valence-electron chi connectivity index (χ0n) is 12.5. The Hall–Kier alpha value is -1.85. The van der Waals surface area contributed by atoms with E-state index >= 15 is 0 Å². The molecule has 114 valence electrons. The summed E-state index contributed by atoms with van der Waals surface area (Å²) in [7, 11) is 1.71. The molecule has 1 heterocycles. The molecule has 0 bridgehead atoms. The van der Waals surface area contributed by atoms with E-state index in [1.165, 1.54) is 5.69 Å². The number of benzene rings is 1. The van der Waals surface area contributed by atoms with Gasteiger partial charge in [0, 0.05) is 32.9 Å². The van der Waals surface area contributed by atoms with Crippen molar-refractivity contribution in [1.29, 1.82) is 0 Å². The van der Waals surface area contributed by atoms with E-state index in [1.807, 2.05) is 42.9 Å². The van der Waals surface area contributed by atoms with Crippen LogP contribution >= 0.6 is 0 Å². The summed E-state index contributed by atoms with van der Waals surface area (Å²) in [4.78, 5) is 4.21. The third-order valence-corrected chi connectivity index (χ3v) is 3.14. The predicted molar refractivity (Wildman–Crippen MR) is 82.4 cm³/mol. The van der Waals surface area contributed by atoms with Gasteiger partial charge in [0.05, 0.1) is 25.2 Å². The van der Waals surface area contributed by atoms with Gasteiger partial charge in [0.1, 0.15) is 5.75 Å². The first-order valence-electron chi connectivity index (χ1n) is 7.26. The Morgan fingerprint density at radius 2 is 2.05 bits per heavy atom. The number of rotatable bonds is 10. The van der Waals surface area contributed by atoms with Gasteiger partial charge in [0.2, 0.25) is 0 Å². The number of ether oxygens (including phenoxy) is 2. The minimum absolute atomic E-state index is 0.707. The Bertz CT molecular complexity index is 499. The van der Waals surface area contributed by atoms with Crippen LogP contribution in [0, 0.1) is 0 Å². The first kappa shape index (κ1) is 15.5. The highest BCUT2D eigenvalue weighted by atomic mass is 16.5. The zero-order chi connectivity index (χ0) is 14.8. The Morgan fingerprint density at radius 1 is 1.19 bits per heavy atom. The number of hydrogen-bond donors (Lipinski definition) is 1. The SMILES string of the molecule is COCCNCc1cncn1CCCOc1ccccc1. The third kappa shape index (κ3) is 5.57. The molecule has 2 rings (SSSR count). The normalized spacial score (nSPS) is 10.7. The Morgan fingerprint density at radius 3 is 2.86 bits per heavy atom. The summed E-state index contributed by atoms with van der Waals surface area (Å²) < 4.78 is 12.9. The highest BCUT2D eigenvalue weighted by molar-refractivity contribution is 5.20. The number of aryl methyl sites for hydroxylation is 1. The summed E-state index contributed by atoms with van der Waals surface area (Å²) in [5, 5.41) is 3.33. The highest BCUT2D eigenvalue weighted by Crippen LogP contribution is 2.09. The van der Waals surface area contributed by atoms with Gasteiger partial charge in [0.25, 0.3) is 0 Å². The third-order valence-electron chi connectivity index (χ3n) is 3.14. The molecule has 0 spiro atoms. The lowest BCUT2D eigenvalue weighted by Crippen LogP contribution is -2.20. The van der Waals surface area contributed by atoms with Crippen LogP contribution in [0.1, 0.15) is 12.1 Å². The molecule has 0 aliphatic heterocycles. The molecule has 0 saturated carbocycles. The largest absolute Gasteiger partial charge is 0.494 e. The maximum absolute atomic E-state index is 5.69. The van der Waals surface area contributed by atoms with Crippen molar-refractivity contribution >= 4 is 0 Å². The molecule has 0 unspecified atom stereocenters. The molecule has 0 aliphatic carbocycles. The standard InChI is InChI=1S/C16H23N3O2/c1-20-11-8-17-12-15-13-18-14-19(15)9-5-10-21-16-6-3-2-4-7-16/h2-4,6-7,13-14,17H,5,8-12H2,1H3. The lowest BCUT2D eigenvalue weighted by atomic mass is 10.3. The number of imidazole rings is 1. The average Bonchev–Trinajstić information content (AvgIpc) is 2.97. The van der Waals surface area contributed by atoms with Crippen LogP contribution in [-0.4, -0.2) is 36.4 Å². The molecule has 1 aromatic heterocycles. The molecule has 0 radical (unpaired) electrons. The van der Waals surface area contributed by atoms with Gasteiger partial charge in [-0.1, -0.05) is 18.2 Å². The molecule has 0 saturated heterocycles. The Balaban J connectivity index is 1.67.